The van der Waals surface area contributed by atoms with E-state index < -0.39 is 0 Å². The second kappa shape index (κ2) is 3.30. The van der Waals surface area contributed by atoms with E-state index in [1.807, 2.05) is 6.92 Å². The van der Waals surface area contributed by atoms with E-state index in [0.717, 1.165) is 5.69 Å². The van der Waals surface area contributed by atoms with Crippen LogP contribution in [0.5, 0.6) is 0 Å². The molecule has 0 aliphatic heterocycles. The van der Waals surface area contributed by atoms with Crippen molar-refractivity contribution in [3.63, 3.8) is 0 Å². The number of nitrogens with zero attached hydrogens (tertiary/aromatic N) is 2. The lowest BCUT2D eigenvalue weighted by atomic mass is 10.1. The van der Waals surface area contributed by atoms with Crippen LogP contribution in [-0.2, 0) is 0 Å². The first-order valence-corrected chi connectivity index (χ1v) is 3.42. The van der Waals surface area contributed by atoms with Gasteiger partial charge in [0, 0.05) is 5.92 Å². The van der Waals surface area contributed by atoms with Gasteiger partial charge in [0.1, 0.15) is 5.82 Å². The summed E-state index contributed by atoms with van der Waals surface area (Å²) < 4.78 is 0. The molecule has 1 atom stereocenters. The molecule has 0 saturated carbocycles. The first-order valence-electron chi connectivity index (χ1n) is 3.42. The highest BCUT2D eigenvalue weighted by molar-refractivity contribution is 5.23. The third-order valence-corrected chi connectivity index (χ3v) is 1.47. The largest absolute Gasteiger partial charge is 0.396 e. The number of hydrogen-bond donors (Lipinski definition) is 2. The number of aliphatic hydroxyl groups excluding tert-OH is 1. The van der Waals surface area contributed by atoms with Gasteiger partial charge in [-0.3, -0.25) is 4.98 Å². The van der Waals surface area contributed by atoms with Crippen LogP contribution in [0.15, 0.2) is 12.4 Å². The lowest BCUT2D eigenvalue weighted by Gasteiger charge is -2.05. The molecule has 1 rings (SSSR count). The first-order chi connectivity index (χ1) is 5.24. The summed E-state index contributed by atoms with van der Waals surface area (Å²) in [7, 11) is 0. The molecule has 4 nitrogen and oxygen atoms in total. The Morgan fingerprint density at radius 2 is 2.27 bits per heavy atom. The lowest BCUT2D eigenvalue weighted by Crippen LogP contribution is -2.03. The predicted molar refractivity (Wildman–Crippen MR) is 41.9 cm³/mol. The van der Waals surface area contributed by atoms with Crippen LogP contribution in [0.3, 0.4) is 0 Å². The molecule has 60 valence electrons. The van der Waals surface area contributed by atoms with Gasteiger partial charge in [0.2, 0.25) is 0 Å². The van der Waals surface area contributed by atoms with Crippen molar-refractivity contribution in [3.8, 4) is 0 Å². The van der Waals surface area contributed by atoms with Gasteiger partial charge in [0.05, 0.1) is 24.7 Å². The van der Waals surface area contributed by atoms with E-state index >= 15 is 0 Å². The van der Waals surface area contributed by atoms with Crippen molar-refractivity contribution in [1.82, 2.24) is 9.97 Å². The fraction of sp³-hybridized carbons (Fsp3) is 0.429. The molecular formula is C7H11N3O. The van der Waals surface area contributed by atoms with Crippen LogP contribution in [0.2, 0.25) is 0 Å². The zero-order chi connectivity index (χ0) is 8.27. The van der Waals surface area contributed by atoms with Crippen LogP contribution in [0.25, 0.3) is 0 Å². The first kappa shape index (κ1) is 7.94. The number of rotatable bonds is 2. The molecule has 0 fully saturated rings. The highest BCUT2D eigenvalue weighted by Gasteiger charge is 2.04. The normalized spacial score (nSPS) is 12.9. The Hall–Kier alpha value is -1.16. The monoisotopic (exact) mass is 153 g/mol. The second-order valence-electron chi connectivity index (χ2n) is 2.45. The number of aliphatic hydroxyl groups is 1. The third-order valence-electron chi connectivity index (χ3n) is 1.47. The molecule has 0 bridgehead atoms. The number of nitrogen functional groups attached to an aromatic ring is 1. The SMILES string of the molecule is C[C@@H](CO)c1cnc(N)cn1. The average Bonchev–Trinajstić information content (AvgIpc) is 2.05. The minimum atomic E-state index is 0.0306. The standard InChI is InChI=1S/C7H11N3O/c1-5(4-11)6-2-10-7(8)3-9-6/h2-3,5,11H,4H2,1H3,(H2,8,10)/t5-/m0/s1. The molecule has 1 aromatic rings. The van der Waals surface area contributed by atoms with Crippen LogP contribution < -0.4 is 5.73 Å². The summed E-state index contributed by atoms with van der Waals surface area (Å²) in [6.45, 7) is 1.96. The topological polar surface area (TPSA) is 72.0 Å². The quantitative estimate of drug-likeness (QED) is 0.634. The van der Waals surface area contributed by atoms with Gasteiger partial charge in [0.15, 0.2) is 0 Å². The van der Waals surface area contributed by atoms with Crippen LogP contribution >= 0.6 is 0 Å². The number of aromatic nitrogens is 2. The highest BCUT2D eigenvalue weighted by Crippen LogP contribution is 2.09. The van der Waals surface area contributed by atoms with E-state index in [9.17, 15) is 0 Å². The summed E-state index contributed by atoms with van der Waals surface area (Å²) in [6.07, 6.45) is 3.07. The summed E-state index contributed by atoms with van der Waals surface area (Å²) in [5.74, 6) is 0.432. The van der Waals surface area contributed by atoms with Crippen molar-refractivity contribution in [2.75, 3.05) is 12.3 Å². The Labute approximate surface area is 65.1 Å². The van der Waals surface area contributed by atoms with Gasteiger partial charge >= 0.3 is 0 Å². The van der Waals surface area contributed by atoms with Crippen molar-refractivity contribution in [2.45, 2.75) is 12.8 Å². The Kier molecular flexibility index (Phi) is 2.38. The molecule has 1 aromatic heterocycles. The Bertz CT molecular complexity index is 222. The molecule has 0 amide bonds. The van der Waals surface area contributed by atoms with Gasteiger partial charge in [-0.05, 0) is 0 Å². The van der Waals surface area contributed by atoms with E-state index in [4.69, 9.17) is 10.8 Å². The Balaban J connectivity index is 2.81. The smallest absolute Gasteiger partial charge is 0.141 e. The van der Waals surface area contributed by atoms with Gasteiger partial charge in [-0.1, -0.05) is 6.92 Å². The Morgan fingerprint density at radius 3 is 2.73 bits per heavy atom. The fourth-order valence-corrected chi connectivity index (χ4v) is 0.696. The van der Waals surface area contributed by atoms with Crippen LogP contribution in [0.4, 0.5) is 5.82 Å². The molecule has 3 N–H and O–H groups in total. The maximum Gasteiger partial charge on any atom is 0.141 e. The van der Waals surface area contributed by atoms with E-state index in [-0.39, 0.29) is 12.5 Å². The molecule has 1 heterocycles. The molecule has 0 aromatic carbocycles. The number of nitrogens with two attached hydrogens (primary N) is 1. The molecule has 0 radical (unpaired) electrons. The van der Waals surface area contributed by atoms with Crippen molar-refractivity contribution < 1.29 is 5.11 Å². The second-order valence-corrected chi connectivity index (χ2v) is 2.45. The summed E-state index contributed by atoms with van der Waals surface area (Å²) in [5.41, 5.74) is 6.10. The van der Waals surface area contributed by atoms with Gasteiger partial charge in [0.25, 0.3) is 0 Å². The summed E-state index contributed by atoms with van der Waals surface area (Å²) in [4.78, 5) is 7.85. The molecule has 11 heavy (non-hydrogen) atoms. The molecule has 0 unspecified atom stereocenters. The molecule has 4 heteroatoms. The van der Waals surface area contributed by atoms with Gasteiger partial charge < -0.3 is 10.8 Å². The van der Waals surface area contributed by atoms with Crippen LogP contribution in [0, 0.1) is 0 Å². The minimum Gasteiger partial charge on any atom is -0.396 e. The summed E-state index contributed by atoms with van der Waals surface area (Å²) in [6, 6.07) is 0. The average molecular weight is 153 g/mol. The third kappa shape index (κ3) is 1.88. The zero-order valence-electron chi connectivity index (χ0n) is 6.36. The molecule has 0 spiro atoms. The predicted octanol–water partition coefficient (Wildman–Crippen LogP) is 0.155. The van der Waals surface area contributed by atoms with Crippen molar-refractivity contribution in [1.29, 1.82) is 0 Å². The number of anilines is 1. The zero-order valence-corrected chi connectivity index (χ0v) is 6.36. The van der Waals surface area contributed by atoms with Crippen molar-refractivity contribution in [2.24, 2.45) is 0 Å². The van der Waals surface area contributed by atoms with Crippen molar-refractivity contribution in [3.05, 3.63) is 18.1 Å². The van der Waals surface area contributed by atoms with Gasteiger partial charge in [-0.15, -0.1) is 0 Å². The molecule has 0 aliphatic rings. The molecular weight excluding hydrogens is 142 g/mol. The summed E-state index contributed by atoms with van der Waals surface area (Å²) >= 11 is 0. The maximum atomic E-state index is 8.76. The lowest BCUT2D eigenvalue weighted by molar-refractivity contribution is 0.271. The molecule has 0 saturated heterocycles. The van der Waals surface area contributed by atoms with E-state index in [2.05, 4.69) is 9.97 Å². The maximum absolute atomic E-state index is 8.76. The van der Waals surface area contributed by atoms with Gasteiger partial charge in [-0.2, -0.15) is 0 Å². The highest BCUT2D eigenvalue weighted by atomic mass is 16.3. The van der Waals surface area contributed by atoms with E-state index in [1.165, 1.54) is 6.20 Å². The molecule has 0 aliphatic carbocycles. The van der Waals surface area contributed by atoms with Crippen LogP contribution in [0.1, 0.15) is 18.5 Å². The van der Waals surface area contributed by atoms with Crippen molar-refractivity contribution >= 4 is 5.82 Å². The van der Waals surface area contributed by atoms with Crippen LogP contribution in [-0.4, -0.2) is 21.7 Å². The Morgan fingerprint density at radius 1 is 1.55 bits per heavy atom. The fourth-order valence-electron chi connectivity index (χ4n) is 0.696. The van der Waals surface area contributed by atoms with E-state index in [1.54, 1.807) is 6.20 Å². The number of hydrogen-bond acceptors (Lipinski definition) is 4. The van der Waals surface area contributed by atoms with Gasteiger partial charge in [-0.25, -0.2) is 4.98 Å². The minimum absolute atomic E-state index is 0.0306. The summed E-state index contributed by atoms with van der Waals surface area (Å²) in [5, 5.41) is 8.76. The van der Waals surface area contributed by atoms with E-state index in [0.29, 0.717) is 5.82 Å².